The molecule has 32 heavy (non-hydrogen) atoms. The zero-order valence-electron chi connectivity index (χ0n) is 18.7. The highest BCUT2D eigenvalue weighted by Crippen LogP contribution is 2.32. The van der Waals surface area contributed by atoms with E-state index in [1.807, 2.05) is 43.3 Å². The summed E-state index contributed by atoms with van der Waals surface area (Å²) in [4.78, 5) is 32.6. The highest BCUT2D eigenvalue weighted by Gasteiger charge is 2.41. The molecule has 1 saturated heterocycles. The SMILES string of the molecule is CCOCCCN1C(=O)C(c2ccccc2)=C(N2CCN(Cc3ccccc3)CC2)C1=O. The maximum absolute atomic E-state index is 13.4. The van der Waals surface area contributed by atoms with Crippen LogP contribution in [0.2, 0.25) is 0 Å². The Morgan fingerprint density at radius 1 is 0.844 bits per heavy atom. The van der Waals surface area contributed by atoms with E-state index in [-0.39, 0.29) is 11.8 Å². The summed E-state index contributed by atoms with van der Waals surface area (Å²) in [6.45, 7) is 7.56. The van der Waals surface area contributed by atoms with E-state index in [4.69, 9.17) is 4.74 Å². The quantitative estimate of drug-likeness (QED) is 0.450. The Morgan fingerprint density at radius 2 is 1.50 bits per heavy atom. The summed E-state index contributed by atoms with van der Waals surface area (Å²) in [5.41, 5.74) is 3.18. The monoisotopic (exact) mass is 433 g/mol. The molecular formula is C26H31N3O3. The first kappa shape index (κ1) is 22.2. The lowest BCUT2D eigenvalue weighted by Crippen LogP contribution is -2.47. The summed E-state index contributed by atoms with van der Waals surface area (Å²) in [6.07, 6.45) is 0.644. The number of amides is 2. The predicted octanol–water partition coefficient (Wildman–Crippen LogP) is 3.01. The molecule has 0 aliphatic carbocycles. The van der Waals surface area contributed by atoms with Crippen molar-refractivity contribution in [2.45, 2.75) is 19.9 Å². The summed E-state index contributed by atoms with van der Waals surface area (Å²) >= 11 is 0. The van der Waals surface area contributed by atoms with E-state index in [9.17, 15) is 9.59 Å². The number of hydrogen-bond donors (Lipinski definition) is 0. The van der Waals surface area contributed by atoms with Gasteiger partial charge in [-0.25, -0.2) is 0 Å². The fourth-order valence-electron chi connectivity index (χ4n) is 4.36. The minimum atomic E-state index is -0.195. The molecule has 0 bridgehead atoms. The zero-order chi connectivity index (χ0) is 22.3. The van der Waals surface area contributed by atoms with Gasteiger partial charge in [0, 0.05) is 52.5 Å². The Balaban J connectivity index is 1.50. The maximum atomic E-state index is 13.4. The third-order valence-electron chi connectivity index (χ3n) is 6.02. The van der Waals surface area contributed by atoms with Gasteiger partial charge in [0.2, 0.25) is 0 Å². The molecule has 2 amide bonds. The van der Waals surface area contributed by atoms with Crippen molar-refractivity contribution in [3.8, 4) is 0 Å². The third-order valence-corrected chi connectivity index (χ3v) is 6.02. The first-order valence-corrected chi connectivity index (χ1v) is 11.4. The topological polar surface area (TPSA) is 53.1 Å². The second-order valence-corrected chi connectivity index (χ2v) is 8.15. The number of piperazine rings is 1. The number of imide groups is 1. The first-order chi connectivity index (χ1) is 15.7. The van der Waals surface area contributed by atoms with E-state index in [0.29, 0.717) is 37.4 Å². The number of ether oxygens (including phenoxy) is 1. The first-order valence-electron chi connectivity index (χ1n) is 11.4. The van der Waals surface area contributed by atoms with Gasteiger partial charge in [0.1, 0.15) is 5.70 Å². The highest BCUT2D eigenvalue weighted by atomic mass is 16.5. The second-order valence-electron chi connectivity index (χ2n) is 8.15. The smallest absolute Gasteiger partial charge is 0.277 e. The van der Waals surface area contributed by atoms with Crippen LogP contribution in [0.15, 0.2) is 66.4 Å². The van der Waals surface area contributed by atoms with E-state index in [1.54, 1.807) is 0 Å². The molecule has 2 aliphatic rings. The Kier molecular flexibility index (Phi) is 7.35. The standard InChI is InChI=1S/C26H31N3O3/c1-2-32-19-9-14-29-25(30)23(22-12-7-4-8-13-22)24(26(29)31)28-17-15-27(16-18-28)20-21-10-5-3-6-11-21/h3-8,10-13H,2,9,14-20H2,1H3. The normalized spacial score (nSPS) is 17.5. The molecule has 1 fully saturated rings. The maximum Gasteiger partial charge on any atom is 0.277 e. The molecule has 0 radical (unpaired) electrons. The molecule has 2 aromatic carbocycles. The van der Waals surface area contributed by atoms with Crippen LogP contribution in [0.4, 0.5) is 0 Å². The molecule has 0 unspecified atom stereocenters. The predicted molar refractivity (Wildman–Crippen MR) is 124 cm³/mol. The summed E-state index contributed by atoms with van der Waals surface area (Å²) in [5, 5.41) is 0. The number of nitrogens with zero attached hydrogens (tertiary/aromatic N) is 3. The number of carbonyl (C=O) groups excluding carboxylic acids is 2. The fraction of sp³-hybridized carbons (Fsp3) is 0.385. The van der Waals surface area contributed by atoms with E-state index in [1.165, 1.54) is 10.5 Å². The van der Waals surface area contributed by atoms with Crippen molar-refractivity contribution in [3.05, 3.63) is 77.5 Å². The summed E-state index contributed by atoms with van der Waals surface area (Å²) < 4.78 is 5.40. The second kappa shape index (κ2) is 10.6. The van der Waals surface area contributed by atoms with Crippen molar-refractivity contribution < 1.29 is 14.3 Å². The van der Waals surface area contributed by atoms with Crippen molar-refractivity contribution >= 4 is 17.4 Å². The summed E-state index contributed by atoms with van der Waals surface area (Å²) in [5.74, 6) is -0.374. The molecule has 4 rings (SSSR count). The number of benzene rings is 2. The van der Waals surface area contributed by atoms with Gasteiger partial charge < -0.3 is 9.64 Å². The van der Waals surface area contributed by atoms with E-state index in [0.717, 1.165) is 38.3 Å². The van der Waals surface area contributed by atoms with Crippen LogP contribution in [0.25, 0.3) is 5.57 Å². The van der Waals surface area contributed by atoms with Crippen LogP contribution in [-0.2, 0) is 20.9 Å². The summed E-state index contributed by atoms with van der Waals surface area (Å²) in [6, 6.07) is 20.0. The molecule has 0 atom stereocenters. The van der Waals surface area contributed by atoms with Gasteiger partial charge >= 0.3 is 0 Å². The van der Waals surface area contributed by atoms with Crippen molar-refractivity contribution in [1.29, 1.82) is 0 Å². The Morgan fingerprint density at radius 3 is 2.16 bits per heavy atom. The molecule has 6 heteroatoms. The van der Waals surface area contributed by atoms with E-state index < -0.39 is 0 Å². The minimum absolute atomic E-state index is 0.179. The minimum Gasteiger partial charge on any atom is -0.382 e. The molecular weight excluding hydrogens is 402 g/mol. The third kappa shape index (κ3) is 4.92. The number of rotatable bonds is 9. The van der Waals surface area contributed by atoms with Gasteiger partial charge in [-0.1, -0.05) is 60.7 Å². The lowest BCUT2D eigenvalue weighted by molar-refractivity contribution is -0.137. The molecule has 2 heterocycles. The summed E-state index contributed by atoms with van der Waals surface area (Å²) in [7, 11) is 0. The highest BCUT2D eigenvalue weighted by molar-refractivity contribution is 6.35. The van der Waals surface area contributed by atoms with Gasteiger partial charge in [0.25, 0.3) is 11.8 Å². The Hall–Kier alpha value is -2.96. The molecule has 0 spiro atoms. The van der Waals surface area contributed by atoms with Gasteiger partial charge in [0.05, 0.1) is 5.57 Å². The van der Waals surface area contributed by atoms with Gasteiger partial charge in [-0.05, 0) is 24.5 Å². The molecule has 168 valence electrons. The molecule has 2 aliphatic heterocycles. The molecule has 0 aromatic heterocycles. The number of carbonyl (C=O) groups is 2. The van der Waals surface area contributed by atoms with Gasteiger partial charge in [0.15, 0.2) is 0 Å². The molecule has 2 aromatic rings. The number of hydrogen-bond acceptors (Lipinski definition) is 5. The van der Waals surface area contributed by atoms with Crippen LogP contribution in [0.1, 0.15) is 24.5 Å². The van der Waals surface area contributed by atoms with Gasteiger partial charge in [-0.3, -0.25) is 19.4 Å². The molecule has 0 saturated carbocycles. The lowest BCUT2D eigenvalue weighted by Gasteiger charge is -2.36. The van der Waals surface area contributed by atoms with Crippen molar-refractivity contribution in [1.82, 2.24) is 14.7 Å². The van der Waals surface area contributed by atoms with Crippen LogP contribution in [-0.4, -0.2) is 72.5 Å². The van der Waals surface area contributed by atoms with Gasteiger partial charge in [-0.15, -0.1) is 0 Å². The average Bonchev–Trinajstić information content (AvgIpc) is 3.08. The fourth-order valence-corrected chi connectivity index (χ4v) is 4.36. The largest absolute Gasteiger partial charge is 0.382 e. The van der Waals surface area contributed by atoms with Crippen molar-refractivity contribution in [2.24, 2.45) is 0 Å². The van der Waals surface area contributed by atoms with Gasteiger partial charge in [-0.2, -0.15) is 0 Å². The van der Waals surface area contributed by atoms with Crippen LogP contribution < -0.4 is 0 Å². The van der Waals surface area contributed by atoms with Crippen molar-refractivity contribution in [2.75, 3.05) is 45.9 Å². The molecule has 0 N–H and O–H groups in total. The van der Waals surface area contributed by atoms with E-state index in [2.05, 4.69) is 34.1 Å². The zero-order valence-corrected chi connectivity index (χ0v) is 18.7. The lowest BCUT2D eigenvalue weighted by atomic mass is 10.0. The Bertz CT molecular complexity index is 951. The van der Waals surface area contributed by atoms with E-state index >= 15 is 0 Å². The van der Waals surface area contributed by atoms with Crippen molar-refractivity contribution in [3.63, 3.8) is 0 Å². The van der Waals surface area contributed by atoms with Crippen LogP contribution in [0.3, 0.4) is 0 Å². The average molecular weight is 434 g/mol. The van der Waals surface area contributed by atoms with Crippen LogP contribution in [0, 0.1) is 0 Å². The molecule has 6 nitrogen and oxygen atoms in total. The van der Waals surface area contributed by atoms with Crippen LogP contribution in [0.5, 0.6) is 0 Å². The Labute approximate surface area is 190 Å². The van der Waals surface area contributed by atoms with Crippen LogP contribution >= 0.6 is 0 Å².